The monoisotopic (exact) mass is 297 g/mol. The minimum absolute atomic E-state index is 0.0565. The number of Topliss-reactive ketones (excluding diaryl/α,β-unsaturated/α-hetero) is 1. The SMILES string of the molecule is CCOC(=O)C(=O)c1nn(NC)cc1SC(F)(F)F. The van der Waals surface area contributed by atoms with E-state index in [2.05, 4.69) is 15.3 Å². The molecular weight excluding hydrogens is 287 g/mol. The number of carbonyl (C=O) groups is 2. The van der Waals surface area contributed by atoms with Crippen molar-refractivity contribution in [1.29, 1.82) is 0 Å². The van der Waals surface area contributed by atoms with Gasteiger partial charge in [0, 0.05) is 7.05 Å². The molecule has 0 saturated heterocycles. The average Bonchev–Trinajstić information content (AvgIpc) is 2.69. The number of nitrogens with zero attached hydrogens (tertiary/aromatic N) is 2. The Morgan fingerprint density at radius 3 is 2.63 bits per heavy atom. The maximum atomic E-state index is 12.3. The molecule has 0 saturated carbocycles. The molecule has 1 rings (SSSR count). The standard InChI is InChI=1S/C9H10F3N3O3S/c1-3-18-8(17)7(16)6-5(19-9(10,11)12)4-15(13-2)14-6/h4,13H,3H2,1-2H3. The quantitative estimate of drug-likeness (QED) is 0.383. The molecule has 0 spiro atoms. The van der Waals surface area contributed by atoms with Gasteiger partial charge in [-0.05, 0) is 18.7 Å². The van der Waals surface area contributed by atoms with Gasteiger partial charge in [0.2, 0.25) is 0 Å². The molecule has 106 valence electrons. The number of carbonyl (C=O) groups excluding carboxylic acids is 2. The number of esters is 1. The highest BCUT2D eigenvalue weighted by Gasteiger charge is 2.34. The molecule has 1 aromatic heterocycles. The Morgan fingerprint density at radius 1 is 1.53 bits per heavy atom. The molecule has 0 aliphatic carbocycles. The molecular formula is C9H10F3N3O3S. The van der Waals surface area contributed by atoms with Crippen LogP contribution in [0.25, 0.3) is 0 Å². The van der Waals surface area contributed by atoms with Crippen LogP contribution in [0, 0.1) is 0 Å². The number of alkyl halides is 3. The second-order valence-corrected chi connectivity index (χ2v) is 4.21. The molecule has 0 aromatic carbocycles. The fourth-order valence-corrected chi connectivity index (χ4v) is 1.75. The summed E-state index contributed by atoms with van der Waals surface area (Å²) in [6.45, 7) is 1.42. The predicted octanol–water partition coefficient (Wildman–Crippen LogP) is 1.41. The zero-order valence-electron chi connectivity index (χ0n) is 9.95. The van der Waals surface area contributed by atoms with Crippen LogP contribution in [-0.4, -0.2) is 40.8 Å². The van der Waals surface area contributed by atoms with Crippen LogP contribution >= 0.6 is 11.8 Å². The van der Waals surface area contributed by atoms with Gasteiger partial charge in [0.05, 0.1) is 17.7 Å². The number of thioether (sulfide) groups is 1. The van der Waals surface area contributed by atoms with E-state index in [4.69, 9.17) is 0 Å². The van der Waals surface area contributed by atoms with E-state index in [1.165, 1.54) is 14.0 Å². The minimum atomic E-state index is -4.59. The van der Waals surface area contributed by atoms with E-state index < -0.39 is 39.6 Å². The molecule has 1 aromatic rings. The molecule has 0 amide bonds. The van der Waals surface area contributed by atoms with Crippen LogP contribution < -0.4 is 5.43 Å². The molecule has 0 aliphatic rings. The lowest BCUT2D eigenvalue weighted by molar-refractivity contribution is -0.137. The summed E-state index contributed by atoms with van der Waals surface area (Å²) in [5, 5.41) is 3.55. The van der Waals surface area contributed by atoms with Crippen molar-refractivity contribution in [2.24, 2.45) is 0 Å². The van der Waals surface area contributed by atoms with Gasteiger partial charge in [-0.1, -0.05) is 0 Å². The van der Waals surface area contributed by atoms with E-state index in [1.54, 1.807) is 0 Å². The van der Waals surface area contributed by atoms with Crippen molar-refractivity contribution >= 4 is 23.5 Å². The van der Waals surface area contributed by atoms with Gasteiger partial charge in [-0.3, -0.25) is 4.79 Å². The van der Waals surface area contributed by atoms with Crippen LogP contribution in [0.3, 0.4) is 0 Å². The first kappa shape index (κ1) is 15.3. The number of nitrogens with one attached hydrogen (secondary N) is 1. The second-order valence-electron chi connectivity index (χ2n) is 3.11. The lowest BCUT2D eigenvalue weighted by atomic mass is 10.3. The molecule has 0 bridgehead atoms. The Kier molecular flexibility index (Phi) is 4.81. The zero-order chi connectivity index (χ0) is 14.6. The largest absolute Gasteiger partial charge is 0.460 e. The fraction of sp³-hybridized carbons (Fsp3) is 0.444. The Labute approximate surface area is 110 Å². The Balaban J connectivity index is 3.07. The smallest absolute Gasteiger partial charge is 0.446 e. The van der Waals surface area contributed by atoms with Gasteiger partial charge in [0.25, 0.3) is 5.78 Å². The number of ketones is 1. The third-order valence-electron chi connectivity index (χ3n) is 1.81. The summed E-state index contributed by atoms with van der Waals surface area (Å²) in [4.78, 5) is 23.3. The Bertz CT molecular complexity index is 487. The highest BCUT2D eigenvalue weighted by atomic mass is 32.2. The number of aromatic nitrogens is 2. The number of ether oxygens (including phenoxy) is 1. The van der Waals surface area contributed by atoms with Crippen molar-refractivity contribution in [3.63, 3.8) is 0 Å². The first-order chi connectivity index (χ1) is 8.78. The van der Waals surface area contributed by atoms with E-state index in [9.17, 15) is 22.8 Å². The van der Waals surface area contributed by atoms with E-state index >= 15 is 0 Å². The third-order valence-corrected chi connectivity index (χ3v) is 2.56. The first-order valence-electron chi connectivity index (χ1n) is 5.03. The molecule has 6 nitrogen and oxygen atoms in total. The normalized spacial score (nSPS) is 11.2. The summed E-state index contributed by atoms with van der Waals surface area (Å²) in [5.41, 5.74) is -2.77. The van der Waals surface area contributed by atoms with Gasteiger partial charge in [0.15, 0.2) is 5.69 Å². The molecule has 0 atom stereocenters. The highest BCUT2D eigenvalue weighted by molar-refractivity contribution is 8.00. The fourth-order valence-electron chi connectivity index (χ4n) is 1.12. The lowest BCUT2D eigenvalue weighted by Gasteiger charge is -2.04. The number of halogens is 3. The third kappa shape index (κ3) is 4.16. The molecule has 0 unspecified atom stereocenters. The van der Waals surface area contributed by atoms with Crippen LogP contribution in [-0.2, 0) is 9.53 Å². The van der Waals surface area contributed by atoms with E-state index in [1.807, 2.05) is 0 Å². The molecule has 1 N–H and O–H groups in total. The average molecular weight is 297 g/mol. The first-order valence-corrected chi connectivity index (χ1v) is 5.84. The van der Waals surface area contributed by atoms with Gasteiger partial charge < -0.3 is 10.2 Å². The molecule has 10 heteroatoms. The summed E-state index contributed by atoms with van der Waals surface area (Å²) in [7, 11) is 1.40. The van der Waals surface area contributed by atoms with Gasteiger partial charge in [0.1, 0.15) is 0 Å². The predicted molar refractivity (Wildman–Crippen MR) is 60.4 cm³/mol. The van der Waals surface area contributed by atoms with Gasteiger partial charge in [-0.25, -0.2) is 4.79 Å². The molecule has 0 radical (unpaired) electrons. The van der Waals surface area contributed by atoms with Gasteiger partial charge in [-0.2, -0.15) is 18.0 Å². The number of rotatable bonds is 5. The van der Waals surface area contributed by atoms with Crippen LogP contribution in [0.2, 0.25) is 0 Å². The van der Waals surface area contributed by atoms with E-state index in [0.29, 0.717) is 0 Å². The van der Waals surface area contributed by atoms with E-state index in [0.717, 1.165) is 11.0 Å². The summed E-state index contributed by atoms with van der Waals surface area (Å²) >= 11 is -0.525. The van der Waals surface area contributed by atoms with Crippen LogP contribution in [0.5, 0.6) is 0 Å². The Morgan fingerprint density at radius 2 is 2.16 bits per heavy atom. The molecule has 0 aliphatic heterocycles. The topological polar surface area (TPSA) is 73.2 Å². The van der Waals surface area contributed by atoms with E-state index in [-0.39, 0.29) is 6.61 Å². The second kappa shape index (κ2) is 5.95. The van der Waals surface area contributed by atoms with Crippen molar-refractivity contribution in [3.8, 4) is 0 Å². The maximum absolute atomic E-state index is 12.3. The summed E-state index contributed by atoms with van der Waals surface area (Å²) in [6, 6.07) is 0. The number of hydrogen-bond acceptors (Lipinski definition) is 6. The minimum Gasteiger partial charge on any atom is -0.460 e. The molecule has 0 fully saturated rings. The number of hydrogen-bond donors (Lipinski definition) is 1. The van der Waals surface area contributed by atoms with Gasteiger partial charge >= 0.3 is 11.5 Å². The lowest BCUT2D eigenvalue weighted by Crippen LogP contribution is -2.20. The van der Waals surface area contributed by atoms with Crippen molar-refractivity contribution < 1.29 is 27.5 Å². The highest BCUT2D eigenvalue weighted by Crippen LogP contribution is 2.38. The maximum Gasteiger partial charge on any atom is 0.446 e. The van der Waals surface area contributed by atoms with Crippen LogP contribution in [0.4, 0.5) is 13.2 Å². The van der Waals surface area contributed by atoms with Crippen molar-refractivity contribution in [3.05, 3.63) is 11.9 Å². The molecule has 1 heterocycles. The van der Waals surface area contributed by atoms with Crippen molar-refractivity contribution in [1.82, 2.24) is 9.89 Å². The summed E-state index contributed by atoms with van der Waals surface area (Å²) < 4.78 is 41.4. The Hall–Kier alpha value is -1.71. The van der Waals surface area contributed by atoms with Crippen LogP contribution in [0.15, 0.2) is 11.1 Å². The summed E-state index contributed by atoms with van der Waals surface area (Å²) in [6.07, 6.45) is 0.963. The molecule has 19 heavy (non-hydrogen) atoms. The van der Waals surface area contributed by atoms with Gasteiger partial charge in [-0.15, -0.1) is 5.10 Å². The van der Waals surface area contributed by atoms with Crippen molar-refractivity contribution in [2.45, 2.75) is 17.3 Å². The van der Waals surface area contributed by atoms with Crippen molar-refractivity contribution in [2.75, 3.05) is 19.1 Å². The zero-order valence-corrected chi connectivity index (χ0v) is 10.8. The van der Waals surface area contributed by atoms with Crippen LogP contribution in [0.1, 0.15) is 17.4 Å². The summed E-state index contributed by atoms with van der Waals surface area (Å²) in [5.74, 6) is -2.46.